The number of aromatic nitrogens is 2. The average molecular weight is 363 g/mol. The number of hydrogen-bond donors (Lipinski definition) is 2. The number of amides is 1. The van der Waals surface area contributed by atoms with Gasteiger partial charge in [0, 0.05) is 28.0 Å². The van der Waals surface area contributed by atoms with Gasteiger partial charge in [0.25, 0.3) is 5.91 Å². The van der Waals surface area contributed by atoms with Gasteiger partial charge in [0.05, 0.1) is 11.3 Å². The summed E-state index contributed by atoms with van der Waals surface area (Å²) in [6, 6.07) is 13.3. The molecule has 26 heavy (non-hydrogen) atoms. The van der Waals surface area contributed by atoms with Crippen molar-refractivity contribution in [2.45, 2.75) is 0 Å². The van der Waals surface area contributed by atoms with Gasteiger partial charge >= 0.3 is 0 Å². The molecule has 0 spiro atoms. The second-order valence-electron chi connectivity index (χ2n) is 5.78. The molecule has 0 fully saturated rings. The Hall–Kier alpha value is -3.32. The van der Waals surface area contributed by atoms with Crippen LogP contribution in [-0.4, -0.2) is 22.7 Å². The van der Waals surface area contributed by atoms with Crippen LogP contribution < -0.4 is 14.8 Å². The lowest BCUT2D eigenvalue weighted by Crippen LogP contribution is -2.12. The molecule has 2 N–H and O–H groups in total. The van der Waals surface area contributed by atoms with E-state index in [4.69, 9.17) is 9.47 Å². The van der Waals surface area contributed by atoms with Crippen LogP contribution in [0, 0.1) is 0 Å². The summed E-state index contributed by atoms with van der Waals surface area (Å²) in [5.41, 5.74) is 3.32. The maximum absolute atomic E-state index is 12.6. The molecule has 2 aromatic carbocycles. The zero-order chi connectivity index (χ0) is 17.5. The van der Waals surface area contributed by atoms with Gasteiger partial charge in [0.15, 0.2) is 16.6 Å². The highest BCUT2D eigenvalue weighted by Crippen LogP contribution is 2.36. The summed E-state index contributed by atoms with van der Waals surface area (Å²) in [7, 11) is 0. The number of H-pyrrole nitrogens is 1. The van der Waals surface area contributed by atoms with Crippen molar-refractivity contribution in [2.75, 3.05) is 12.1 Å². The number of benzene rings is 2. The number of nitrogens with zero attached hydrogens (tertiary/aromatic N) is 1. The number of nitrogens with one attached hydrogen (secondary N) is 2. The minimum Gasteiger partial charge on any atom is -0.454 e. The van der Waals surface area contributed by atoms with E-state index in [0.29, 0.717) is 22.2 Å². The lowest BCUT2D eigenvalue weighted by molar-refractivity contribution is 0.102. The second-order valence-corrected chi connectivity index (χ2v) is 6.64. The number of carbonyl (C=O) groups excluding carboxylic acids is 1. The lowest BCUT2D eigenvalue weighted by Gasteiger charge is -2.05. The summed E-state index contributed by atoms with van der Waals surface area (Å²) >= 11 is 1.38. The molecule has 5 rings (SSSR count). The highest BCUT2D eigenvalue weighted by atomic mass is 32.1. The fourth-order valence-electron chi connectivity index (χ4n) is 3.01. The molecule has 1 aliphatic rings. The minimum absolute atomic E-state index is 0.127. The fourth-order valence-corrected chi connectivity index (χ4v) is 3.72. The van der Waals surface area contributed by atoms with E-state index in [2.05, 4.69) is 15.3 Å². The maximum atomic E-state index is 12.6. The molecule has 4 aromatic rings. The molecule has 0 bridgehead atoms. The quantitative estimate of drug-likeness (QED) is 0.570. The second kappa shape index (κ2) is 5.89. The summed E-state index contributed by atoms with van der Waals surface area (Å²) < 4.78 is 10.7. The number of anilines is 1. The molecule has 3 heterocycles. The topological polar surface area (TPSA) is 76.2 Å². The van der Waals surface area contributed by atoms with E-state index >= 15 is 0 Å². The van der Waals surface area contributed by atoms with Crippen molar-refractivity contribution in [2.24, 2.45) is 0 Å². The Morgan fingerprint density at radius 1 is 1.15 bits per heavy atom. The average Bonchev–Trinajstić information content (AvgIpc) is 3.39. The summed E-state index contributed by atoms with van der Waals surface area (Å²) in [6.07, 6.45) is 1.93. The van der Waals surface area contributed by atoms with E-state index in [-0.39, 0.29) is 12.7 Å². The number of thiazole rings is 1. The Kier molecular flexibility index (Phi) is 3.39. The van der Waals surface area contributed by atoms with Crippen LogP contribution in [0.4, 0.5) is 5.13 Å². The minimum atomic E-state index is -0.271. The molecule has 1 amide bonds. The van der Waals surface area contributed by atoms with Crippen LogP contribution in [0.15, 0.2) is 54.0 Å². The molecule has 128 valence electrons. The van der Waals surface area contributed by atoms with Crippen LogP contribution in [0.1, 0.15) is 10.4 Å². The first-order chi connectivity index (χ1) is 12.8. The highest BCUT2D eigenvalue weighted by molar-refractivity contribution is 7.14. The highest BCUT2D eigenvalue weighted by Gasteiger charge is 2.22. The number of ether oxygens (including phenoxy) is 2. The number of para-hydroxylation sites is 2. The molecule has 0 saturated heterocycles. The Morgan fingerprint density at radius 3 is 3.04 bits per heavy atom. The monoisotopic (exact) mass is 363 g/mol. The predicted molar refractivity (Wildman–Crippen MR) is 99.9 cm³/mol. The smallest absolute Gasteiger partial charge is 0.261 e. The lowest BCUT2D eigenvalue weighted by atomic mass is 10.1. The molecule has 0 saturated carbocycles. The maximum Gasteiger partial charge on any atom is 0.261 e. The first-order valence-corrected chi connectivity index (χ1v) is 8.89. The van der Waals surface area contributed by atoms with E-state index in [1.165, 1.54) is 11.3 Å². The third-order valence-electron chi connectivity index (χ3n) is 4.23. The largest absolute Gasteiger partial charge is 0.454 e. The van der Waals surface area contributed by atoms with Crippen molar-refractivity contribution in [1.82, 2.24) is 9.97 Å². The van der Waals surface area contributed by atoms with Crippen molar-refractivity contribution in [3.05, 3.63) is 59.6 Å². The van der Waals surface area contributed by atoms with Crippen LogP contribution in [0.3, 0.4) is 0 Å². The van der Waals surface area contributed by atoms with Crippen LogP contribution in [0.2, 0.25) is 0 Å². The van der Waals surface area contributed by atoms with Gasteiger partial charge in [-0.2, -0.15) is 0 Å². The molecular weight excluding hydrogens is 350 g/mol. The van der Waals surface area contributed by atoms with Crippen LogP contribution in [0.25, 0.3) is 22.2 Å². The molecule has 0 atom stereocenters. The van der Waals surface area contributed by atoms with Gasteiger partial charge in [-0.1, -0.05) is 24.3 Å². The number of aromatic amines is 1. The molecule has 0 radical (unpaired) electrons. The normalized spacial score (nSPS) is 12.5. The number of fused-ring (bicyclic) bond motifs is 2. The van der Waals surface area contributed by atoms with Gasteiger partial charge in [0.2, 0.25) is 6.79 Å². The summed E-state index contributed by atoms with van der Waals surface area (Å²) in [4.78, 5) is 20.4. The first-order valence-electron chi connectivity index (χ1n) is 8.01. The zero-order valence-electron chi connectivity index (χ0n) is 13.5. The van der Waals surface area contributed by atoms with E-state index < -0.39 is 0 Å². The molecule has 0 unspecified atom stereocenters. The number of carbonyl (C=O) groups is 1. The van der Waals surface area contributed by atoms with Gasteiger partial charge in [-0.05, 0) is 18.2 Å². The summed E-state index contributed by atoms with van der Waals surface area (Å²) in [6.45, 7) is 0.127. The van der Waals surface area contributed by atoms with E-state index in [9.17, 15) is 4.79 Å². The van der Waals surface area contributed by atoms with Crippen molar-refractivity contribution in [1.29, 1.82) is 0 Å². The first kappa shape index (κ1) is 15.0. The molecule has 2 aromatic heterocycles. The van der Waals surface area contributed by atoms with E-state index in [1.54, 1.807) is 18.2 Å². The van der Waals surface area contributed by atoms with Crippen molar-refractivity contribution in [3.63, 3.8) is 0 Å². The summed E-state index contributed by atoms with van der Waals surface area (Å²) in [5, 5.41) is 6.41. The third-order valence-corrected chi connectivity index (χ3v) is 4.99. The fraction of sp³-hybridized carbons (Fsp3) is 0.0526. The van der Waals surface area contributed by atoms with Crippen LogP contribution >= 0.6 is 11.3 Å². The van der Waals surface area contributed by atoms with Crippen LogP contribution in [0.5, 0.6) is 11.5 Å². The van der Waals surface area contributed by atoms with Gasteiger partial charge in [-0.25, -0.2) is 4.98 Å². The summed E-state index contributed by atoms with van der Waals surface area (Å²) in [5.74, 6) is 0.779. The third kappa shape index (κ3) is 2.41. The molecule has 7 heteroatoms. The van der Waals surface area contributed by atoms with E-state index in [0.717, 1.165) is 22.2 Å². The SMILES string of the molecule is O=C(Nc1nc(-c2c[nH]c3ccccc23)cs1)c1cccc2c1OCO2. The van der Waals surface area contributed by atoms with Gasteiger partial charge < -0.3 is 14.5 Å². The standard InChI is InChI=1S/C19H13N3O3S/c23-18(12-5-3-7-16-17(12)25-10-24-16)22-19-21-15(9-26-19)13-8-20-14-6-2-1-4-11(13)14/h1-9,20H,10H2,(H,21,22,23). The molecular formula is C19H13N3O3S. The molecule has 6 nitrogen and oxygen atoms in total. The van der Waals surface area contributed by atoms with Crippen LogP contribution in [-0.2, 0) is 0 Å². The zero-order valence-corrected chi connectivity index (χ0v) is 14.3. The van der Waals surface area contributed by atoms with Crippen molar-refractivity contribution >= 4 is 33.3 Å². The molecule has 0 aliphatic carbocycles. The van der Waals surface area contributed by atoms with Gasteiger partial charge in [-0.15, -0.1) is 11.3 Å². The van der Waals surface area contributed by atoms with Crippen molar-refractivity contribution < 1.29 is 14.3 Å². The Morgan fingerprint density at radius 2 is 2.08 bits per heavy atom. The Bertz CT molecular complexity index is 1130. The van der Waals surface area contributed by atoms with Gasteiger partial charge in [-0.3, -0.25) is 10.1 Å². The number of hydrogen-bond acceptors (Lipinski definition) is 5. The van der Waals surface area contributed by atoms with E-state index in [1.807, 2.05) is 35.8 Å². The van der Waals surface area contributed by atoms with Crippen molar-refractivity contribution in [3.8, 4) is 22.8 Å². The number of rotatable bonds is 3. The predicted octanol–water partition coefficient (Wildman–Crippen LogP) is 4.27. The Balaban J connectivity index is 1.43. The Labute approximate surface area is 152 Å². The molecule has 1 aliphatic heterocycles. The van der Waals surface area contributed by atoms with Gasteiger partial charge in [0.1, 0.15) is 0 Å².